The average Bonchev–Trinajstić information content (AvgIpc) is 3.17. The van der Waals surface area contributed by atoms with Crippen molar-refractivity contribution >= 4 is 53.0 Å². The maximum absolute atomic E-state index is 12.9. The van der Waals surface area contributed by atoms with E-state index in [1.54, 1.807) is 31.7 Å². The van der Waals surface area contributed by atoms with Gasteiger partial charge < -0.3 is 14.4 Å². The van der Waals surface area contributed by atoms with Crippen molar-refractivity contribution in [1.82, 2.24) is 9.80 Å². The number of rotatable bonds is 9. The molecule has 0 aromatic heterocycles. The predicted octanol–water partition coefficient (Wildman–Crippen LogP) is 4.59. The van der Waals surface area contributed by atoms with Crippen molar-refractivity contribution in [3.8, 4) is 5.75 Å². The van der Waals surface area contributed by atoms with Gasteiger partial charge in [-0.3, -0.25) is 19.4 Å². The molecule has 4 rings (SSSR count). The van der Waals surface area contributed by atoms with E-state index in [4.69, 9.17) is 9.47 Å². The van der Waals surface area contributed by atoms with E-state index in [1.807, 2.05) is 18.2 Å². The fraction of sp³-hybridized carbons (Fsp3) is 0.429. The Morgan fingerprint density at radius 3 is 2.44 bits per heavy atom. The first-order valence-corrected chi connectivity index (χ1v) is 15.0. The highest BCUT2D eigenvalue weighted by molar-refractivity contribution is 8.03. The number of allylic oxidation sites excluding steroid dienone is 2. The van der Waals surface area contributed by atoms with E-state index in [0.29, 0.717) is 22.8 Å². The van der Waals surface area contributed by atoms with Gasteiger partial charge in [0, 0.05) is 41.6 Å². The van der Waals surface area contributed by atoms with Crippen LogP contribution in [0.4, 0.5) is 10.5 Å². The quantitative estimate of drug-likeness (QED) is 0.240. The summed E-state index contributed by atoms with van der Waals surface area (Å²) in [6.45, 7) is 10.7. The first-order valence-electron chi connectivity index (χ1n) is 13.1. The topological polar surface area (TPSA) is 96.5 Å². The van der Waals surface area contributed by atoms with Gasteiger partial charge in [0.2, 0.25) is 0 Å². The molecule has 3 heterocycles. The van der Waals surface area contributed by atoms with E-state index in [1.165, 1.54) is 17.8 Å². The van der Waals surface area contributed by atoms with Crippen molar-refractivity contribution in [3.05, 3.63) is 53.1 Å². The van der Waals surface area contributed by atoms with Crippen molar-refractivity contribution in [3.63, 3.8) is 0 Å². The molecule has 1 atom stereocenters. The molecule has 4 amide bonds. The number of nitrogens with zero attached hydrogens (tertiary/aromatic N) is 3. The summed E-state index contributed by atoms with van der Waals surface area (Å²) in [5, 5.41) is 0.874. The molecule has 0 spiro atoms. The monoisotopic (exact) mass is 571 g/mol. The van der Waals surface area contributed by atoms with E-state index >= 15 is 0 Å². The van der Waals surface area contributed by atoms with Crippen LogP contribution in [0.3, 0.4) is 0 Å². The Balaban J connectivity index is 1.54. The highest BCUT2D eigenvalue weighted by Gasteiger charge is 2.40. The summed E-state index contributed by atoms with van der Waals surface area (Å²) in [7, 11) is 0. The summed E-state index contributed by atoms with van der Waals surface area (Å²) in [5.41, 5.74) is 1.45. The van der Waals surface area contributed by atoms with Crippen molar-refractivity contribution in [1.29, 1.82) is 0 Å². The predicted molar refractivity (Wildman–Crippen MR) is 153 cm³/mol. The minimum atomic E-state index is -0.582. The van der Waals surface area contributed by atoms with Gasteiger partial charge in [0.05, 0.1) is 10.7 Å². The number of urea groups is 1. The summed E-state index contributed by atoms with van der Waals surface area (Å²) >= 11 is 3.12. The Morgan fingerprint density at radius 1 is 1.05 bits per heavy atom. The van der Waals surface area contributed by atoms with Gasteiger partial charge >= 0.3 is 12.0 Å². The summed E-state index contributed by atoms with van der Waals surface area (Å²) < 4.78 is 11.5. The minimum absolute atomic E-state index is 0.0275. The van der Waals surface area contributed by atoms with Gasteiger partial charge in [-0.1, -0.05) is 31.7 Å². The Labute approximate surface area is 237 Å². The van der Waals surface area contributed by atoms with E-state index < -0.39 is 17.8 Å². The Morgan fingerprint density at radius 2 is 1.77 bits per heavy atom. The molecule has 208 valence electrons. The number of carbonyl (C=O) groups excluding carboxylic acids is 4. The normalized spacial score (nSPS) is 20.9. The molecule has 1 aromatic rings. The molecular weight excluding hydrogens is 538 g/mol. The van der Waals surface area contributed by atoms with E-state index in [0.717, 1.165) is 44.8 Å². The Kier molecular flexibility index (Phi) is 9.45. The number of barbiturate groups is 1. The summed E-state index contributed by atoms with van der Waals surface area (Å²) in [5.74, 6) is 0.331. The number of anilines is 1. The zero-order chi connectivity index (χ0) is 28.1. The third kappa shape index (κ3) is 6.19. The number of unbranched alkanes of at least 4 members (excludes halogenated alkanes) is 1. The zero-order valence-corrected chi connectivity index (χ0v) is 24.1. The number of likely N-dealkylation sites (N-methyl/N-ethyl adjacent to an activating group) is 2. The number of ether oxygens (including phenoxy) is 2. The number of hydrogen-bond acceptors (Lipinski definition) is 9. The van der Waals surface area contributed by atoms with E-state index in [2.05, 4.69) is 18.4 Å². The number of benzene rings is 1. The van der Waals surface area contributed by atoms with Crippen LogP contribution in [0, 0.1) is 0 Å². The summed E-state index contributed by atoms with van der Waals surface area (Å²) in [6, 6.07) is 5.25. The third-order valence-electron chi connectivity index (χ3n) is 6.45. The first-order chi connectivity index (χ1) is 18.8. The Hall–Kier alpha value is -3.18. The molecule has 0 N–H and O–H groups in total. The average molecular weight is 572 g/mol. The van der Waals surface area contributed by atoms with Gasteiger partial charge in [-0.15, -0.1) is 0 Å². The SMILES string of the molecule is C=C1CSCC(COc2ccc3c(c2)S/C(=C/C=C2C(=O)N(CC)C(=O)N(CC)C2=O)N3CCCC)OC1=O. The van der Waals surface area contributed by atoms with Crippen molar-refractivity contribution in [2.45, 2.75) is 44.6 Å². The lowest BCUT2D eigenvalue weighted by atomic mass is 10.1. The maximum Gasteiger partial charge on any atom is 0.334 e. The molecular formula is C28H33N3O6S2. The van der Waals surface area contributed by atoms with E-state index in [9.17, 15) is 19.2 Å². The number of cyclic esters (lactones) is 1. The van der Waals surface area contributed by atoms with Crippen LogP contribution in [0.5, 0.6) is 5.75 Å². The lowest BCUT2D eigenvalue weighted by Crippen LogP contribution is -2.56. The molecule has 0 saturated carbocycles. The summed E-state index contributed by atoms with van der Waals surface area (Å²) in [6.07, 6.45) is 4.92. The fourth-order valence-corrected chi connectivity index (χ4v) is 6.34. The van der Waals surface area contributed by atoms with Crippen LogP contribution in [0.15, 0.2) is 58.0 Å². The van der Waals surface area contributed by atoms with Crippen molar-refractivity contribution < 1.29 is 28.7 Å². The first kappa shape index (κ1) is 28.8. The lowest BCUT2D eigenvalue weighted by molar-refractivity contribution is -0.144. The molecule has 39 heavy (non-hydrogen) atoms. The van der Waals surface area contributed by atoms with Crippen LogP contribution in [0.2, 0.25) is 0 Å². The molecule has 3 aliphatic rings. The van der Waals surface area contributed by atoms with Crippen LogP contribution in [-0.4, -0.2) is 77.5 Å². The van der Waals surface area contributed by atoms with Crippen LogP contribution < -0.4 is 9.64 Å². The van der Waals surface area contributed by atoms with Crippen LogP contribution >= 0.6 is 23.5 Å². The number of esters is 1. The van der Waals surface area contributed by atoms with Crippen molar-refractivity contribution in [2.75, 3.05) is 42.6 Å². The number of fused-ring (bicyclic) bond motifs is 1. The zero-order valence-electron chi connectivity index (χ0n) is 22.4. The van der Waals surface area contributed by atoms with Crippen LogP contribution in [0.25, 0.3) is 0 Å². The standard InChI is InChI=1S/C28H33N3O6S2/c1-5-8-13-31-22-11-9-19(36-15-20-17-38-16-18(4)27(34)37-20)14-23(22)39-24(31)12-10-21-25(32)29(6-2)28(35)30(7-3)26(21)33/h9-12,14,20H,4-8,13,15-17H2,1-3H3/b24-12+. The van der Waals surface area contributed by atoms with Gasteiger partial charge in [-0.2, -0.15) is 11.8 Å². The number of carbonyl (C=O) groups is 4. The largest absolute Gasteiger partial charge is 0.490 e. The fourth-order valence-electron chi connectivity index (χ4n) is 4.32. The molecule has 0 aliphatic carbocycles. The number of thioether (sulfide) groups is 2. The molecule has 0 bridgehead atoms. The van der Waals surface area contributed by atoms with E-state index in [-0.39, 0.29) is 37.3 Å². The third-order valence-corrected chi connectivity index (χ3v) is 8.73. The van der Waals surface area contributed by atoms with Gasteiger partial charge in [0.25, 0.3) is 11.8 Å². The second kappa shape index (κ2) is 12.8. The smallest absolute Gasteiger partial charge is 0.334 e. The summed E-state index contributed by atoms with van der Waals surface area (Å²) in [4.78, 5) is 55.6. The number of hydrogen-bond donors (Lipinski definition) is 0. The minimum Gasteiger partial charge on any atom is -0.490 e. The molecule has 0 radical (unpaired) electrons. The van der Waals surface area contributed by atoms with Gasteiger partial charge in [-0.25, -0.2) is 9.59 Å². The molecule has 1 aromatic carbocycles. The lowest BCUT2D eigenvalue weighted by Gasteiger charge is -2.32. The second-order valence-corrected chi connectivity index (χ2v) is 11.3. The molecule has 3 aliphatic heterocycles. The molecule has 1 unspecified atom stereocenters. The highest BCUT2D eigenvalue weighted by Crippen LogP contribution is 2.47. The Bertz CT molecular complexity index is 1220. The van der Waals surface area contributed by atoms with Gasteiger partial charge in [-0.05, 0) is 50.6 Å². The van der Waals surface area contributed by atoms with Gasteiger partial charge in [0.15, 0.2) is 0 Å². The molecule has 2 saturated heterocycles. The van der Waals surface area contributed by atoms with Crippen LogP contribution in [0.1, 0.15) is 33.6 Å². The number of imide groups is 2. The van der Waals surface area contributed by atoms with Crippen LogP contribution in [-0.2, 0) is 19.1 Å². The molecule has 9 nitrogen and oxygen atoms in total. The highest BCUT2D eigenvalue weighted by atomic mass is 32.2. The molecule has 11 heteroatoms. The second-order valence-electron chi connectivity index (χ2n) is 9.16. The maximum atomic E-state index is 12.9. The van der Waals surface area contributed by atoms with Gasteiger partial charge in [0.1, 0.15) is 24.0 Å². The van der Waals surface area contributed by atoms with Crippen molar-refractivity contribution in [2.24, 2.45) is 0 Å². The molecule has 2 fully saturated rings. The number of amides is 4.